The van der Waals surface area contributed by atoms with E-state index < -0.39 is 0 Å². The predicted molar refractivity (Wildman–Crippen MR) is 78.4 cm³/mol. The largest absolute Gasteiger partial charge is 0.497 e. The van der Waals surface area contributed by atoms with Crippen LogP contribution in [0.25, 0.3) is 0 Å². The van der Waals surface area contributed by atoms with E-state index >= 15 is 0 Å². The van der Waals surface area contributed by atoms with E-state index in [2.05, 4.69) is 11.8 Å². The number of nitrogens with zero attached hydrogens (tertiary/aromatic N) is 1. The van der Waals surface area contributed by atoms with Crippen molar-refractivity contribution in [2.24, 2.45) is 5.73 Å². The minimum absolute atomic E-state index is 0.0625. The van der Waals surface area contributed by atoms with Crippen molar-refractivity contribution in [1.29, 1.82) is 5.41 Å². The quantitative estimate of drug-likeness (QED) is 0.427. The Kier molecular flexibility index (Phi) is 6.15. The molecule has 19 heavy (non-hydrogen) atoms. The average molecular weight is 265 g/mol. The third-order valence-electron chi connectivity index (χ3n) is 2.93. The Morgan fingerprint density at radius 1 is 1.37 bits per heavy atom. The first-order valence-electron chi connectivity index (χ1n) is 6.49. The molecule has 0 fully saturated rings. The molecule has 0 radical (unpaired) electrons. The first kappa shape index (κ1) is 15.3. The summed E-state index contributed by atoms with van der Waals surface area (Å²) in [6.45, 7) is 6.98. The summed E-state index contributed by atoms with van der Waals surface area (Å²) in [5.74, 6) is 0.822. The molecule has 0 aliphatic carbocycles. The number of ether oxygens (including phenoxy) is 2. The molecule has 0 amide bonds. The Morgan fingerprint density at radius 3 is 2.63 bits per heavy atom. The number of nitrogens with one attached hydrogen (secondary N) is 1. The van der Waals surface area contributed by atoms with Gasteiger partial charge in [0.25, 0.3) is 0 Å². The van der Waals surface area contributed by atoms with Crippen molar-refractivity contribution in [3.05, 3.63) is 23.8 Å². The fourth-order valence-corrected chi connectivity index (χ4v) is 1.90. The summed E-state index contributed by atoms with van der Waals surface area (Å²) in [5, 5.41) is 7.66. The zero-order valence-electron chi connectivity index (χ0n) is 11.9. The van der Waals surface area contributed by atoms with Crippen molar-refractivity contribution >= 4 is 11.5 Å². The van der Waals surface area contributed by atoms with E-state index in [1.54, 1.807) is 7.11 Å². The number of likely N-dealkylation sites (N-methyl/N-ethyl adjacent to an activating group) is 1. The molecule has 0 saturated carbocycles. The second kappa shape index (κ2) is 7.63. The molecule has 3 N–H and O–H groups in total. The number of nitrogens with two attached hydrogens (primary N) is 1. The lowest BCUT2D eigenvalue weighted by Gasteiger charge is -2.25. The Labute approximate surface area is 114 Å². The lowest BCUT2D eigenvalue weighted by Crippen LogP contribution is -2.29. The first-order valence-corrected chi connectivity index (χ1v) is 6.49. The summed E-state index contributed by atoms with van der Waals surface area (Å²) in [5.41, 5.74) is 7.27. The summed E-state index contributed by atoms with van der Waals surface area (Å²) in [7, 11) is 1.63. The Hall–Kier alpha value is -1.75. The molecule has 106 valence electrons. The maximum absolute atomic E-state index is 7.66. The van der Waals surface area contributed by atoms with Crippen molar-refractivity contribution in [3.63, 3.8) is 0 Å². The van der Waals surface area contributed by atoms with Crippen LogP contribution in [0.5, 0.6) is 5.75 Å². The standard InChI is InChI=1S/C14H23N3O2/c1-4-17(8-9-19-5-2)13-10-11(18-3)6-7-12(13)14(15)16/h6-7,10H,4-5,8-9H2,1-3H3,(H3,15,16). The molecule has 0 heterocycles. The molecule has 0 spiro atoms. The Balaban J connectivity index is 3.01. The van der Waals surface area contributed by atoms with E-state index in [-0.39, 0.29) is 5.84 Å². The molecular weight excluding hydrogens is 242 g/mol. The van der Waals surface area contributed by atoms with Gasteiger partial charge in [-0.25, -0.2) is 0 Å². The first-order chi connectivity index (χ1) is 9.13. The van der Waals surface area contributed by atoms with Crippen molar-refractivity contribution in [2.45, 2.75) is 13.8 Å². The van der Waals surface area contributed by atoms with E-state index in [1.165, 1.54) is 0 Å². The molecule has 1 aromatic carbocycles. The van der Waals surface area contributed by atoms with E-state index in [0.29, 0.717) is 13.2 Å². The molecule has 5 heteroatoms. The number of methoxy groups -OCH3 is 1. The van der Waals surface area contributed by atoms with Crippen LogP contribution < -0.4 is 15.4 Å². The van der Waals surface area contributed by atoms with Gasteiger partial charge in [0, 0.05) is 31.3 Å². The smallest absolute Gasteiger partial charge is 0.124 e. The minimum Gasteiger partial charge on any atom is -0.497 e. The summed E-state index contributed by atoms with van der Waals surface area (Å²) in [6, 6.07) is 5.54. The zero-order valence-corrected chi connectivity index (χ0v) is 11.9. The predicted octanol–water partition coefficient (Wildman–Crippen LogP) is 1.84. The molecule has 1 rings (SSSR count). The number of nitrogen functional groups attached to an aromatic ring is 1. The van der Waals surface area contributed by atoms with E-state index in [9.17, 15) is 0 Å². The topological polar surface area (TPSA) is 71.6 Å². The lowest BCUT2D eigenvalue weighted by atomic mass is 10.1. The highest BCUT2D eigenvalue weighted by Crippen LogP contribution is 2.25. The molecular formula is C14H23N3O2. The van der Waals surface area contributed by atoms with Crippen molar-refractivity contribution in [2.75, 3.05) is 38.3 Å². The van der Waals surface area contributed by atoms with Crippen LogP contribution in [0.2, 0.25) is 0 Å². The zero-order chi connectivity index (χ0) is 14.3. The molecule has 0 aliphatic heterocycles. The monoisotopic (exact) mass is 265 g/mol. The van der Waals surface area contributed by atoms with Crippen LogP contribution >= 0.6 is 0 Å². The highest BCUT2D eigenvalue weighted by molar-refractivity contribution is 6.00. The van der Waals surface area contributed by atoms with Gasteiger partial charge in [-0.2, -0.15) is 0 Å². The molecule has 0 bridgehead atoms. The number of hydrogen-bond donors (Lipinski definition) is 2. The van der Waals surface area contributed by atoms with Crippen LogP contribution in [-0.4, -0.2) is 39.2 Å². The van der Waals surface area contributed by atoms with Crippen LogP contribution in [-0.2, 0) is 4.74 Å². The molecule has 0 unspecified atom stereocenters. The van der Waals surface area contributed by atoms with Crippen molar-refractivity contribution < 1.29 is 9.47 Å². The van der Waals surface area contributed by atoms with Crippen LogP contribution in [0.4, 0.5) is 5.69 Å². The maximum Gasteiger partial charge on any atom is 0.124 e. The second-order valence-corrected chi connectivity index (χ2v) is 4.07. The van der Waals surface area contributed by atoms with Gasteiger partial charge in [-0.1, -0.05) is 0 Å². The fourth-order valence-electron chi connectivity index (χ4n) is 1.90. The average Bonchev–Trinajstić information content (AvgIpc) is 2.43. The van der Waals surface area contributed by atoms with Crippen LogP contribution in [0.1, 0.15) is 19.4 Å². The molecule has 1 aromatic rings. The van der Waals surface area contributed by atoms with Gasteiger partial charge in [-0.05, 0) is 26.0 Å². The second-order valence-electron chi connectivity index (χ2n) is 4.07. The summed E-state index contributed by atoms with van der Waals surface area (Å²) in [4.78, 5) is 2.13. The highest BCUT2D eigenvalue weighted by Gasteiger charge is 2.13. The van der Waals surface area contributed by atoms with Gasteiger partial charge < -0.3 is 20.1 Å². The Morgan fingerprint density at radius 2 is 2.11 bits per heavy atom. The molecule has 0 saturated heterocycles. The third-order valence-corrected chi connectivity index (χ3v) is 2.93. The highest BCUT2D eigenvalue weighted by atomic mass is 16.5. The summed E-state index contributed by atoms with van der Waals surface area (Å²) in [6.07, 6.45) is 0. The van der Waals surface area contributed by atoms with Gasteiger partial charge in [0.1, 0.15) is 11.6 Å². The van der Waals surface area contributed by atoms with E-state index in [0.717, 1.165) is 30.1 Å². The van der Waals surface area contributed by atoms with Crippen LogP contribution in [0, 0.1) is 5.41 Å². The minimum atomic E-state index is 0.0625. The van der Waals surface area contributed by atoms with Crippen LogP contribution in [0.3, 0.4) is 0 Å². The summed E-state index contributed by atoms with van der Waals surface area (Å²) >= 11 is 0. The van der Waals surface area contributed by atoms with Gasteiger partial charge in [0.2, 0.25) is 0 Å². The molecule has 0 aromatic heterocycles. The molecule has 0 atom stereocenters. The Bertz CT molecular complexity index is 421. The van der Waals surface area contributed by atoms with Gasteiger partial charge in [-0.3, -0.25) is 5.41 Å². The van der Waals surface area contributed by atoms with Gasteiger partial charge in [0.15, 0.2) is 0 Å². The van der Waals surface area contributed by atoms with Crippen molar-refractivity contribution in [1.82, 2.24) is 0 Å². The molecule has 0 aliphatic rings. The third kappa shape index (κ3) is 4.13. The van der Waals surface area contributed by atoms with Crippen LogP contribution in [0.15, 0.2) is 18.2 Å². The maximum atomic E-state index is 7.66. The number of rotatable bonds is 8. The number of amidine groups is 1. The lowest BCUT2D eigenvalue weighted by molar-refractivity contribution is 0.154. The van der Waals surface area contributed by atoms with E-state index in [4.69, 9.17) is 20.6 Å². The van der Waals surface area contributed by atoms with Gasteiger partial charge in [-0.15, -0.1) is 0 Å². The van der Waals surface area contributed by atoms with Gasteiger partial charge >= 0.3 is 0 Å². The van der Waals surface area contributed by atoms with E-state index in [1.807, 2.05) is 25.1 Å². The molecule has 5 nitrogen and oxygen atoms in total. The summed E-state index contributed by atoms with van der Waals surface area (Å²) < 4.78 is 10.6. The number of hydrogen-bond acceptors (Lipinski definition) is 4. The van der Waals surface area contributed by atoms with Crippen molar-refractivity contribution in [3.8, 4) is 5.75 Å². The normalized spacial score (nSPS) is 10.3. The number of benzene rings is 1. The number of anilines is 1. The fraction of sp³-hybridized carbons (Fsp3) is 0.500. The van der Waals surface area contributed by atoms with Gasteiger partial charge in [0.05, 0.1) is 19.4 Å². The SMILES string of the molecule is CCOCCN(CC)c1cc(OC)ccc1C(=N)N.